The van der Waals surface area contributed by atoms with E-state index in [1.807, 2.05) is 0 Å². The lowest BCUT2D eigenvalue weighted by Gasteiger charge is -2.61. The van der Waals surface area contributed by atoms with Crippen molar-refractivity contribution in [2.24, 2.45) is 40.4 Å². The summed E-state index contributed by atoms with van der Waals surface area (Å²) < 4.78 is 5.60. The van der Waals surface area contributed by atoms with Crippen LogP contribution in [0.5, 0.6) is 0 Å². The molecule has 4 aliphatic carbocycles. The Morgan fingerprint density at radius 3 is 2.38 bits per heavy atom. The molecule has 4 rings (SSSR count). The van der Waals surface area contributed by atoms with E-state index < -0.39 is 0 Å². The molecule has 0 amide bonds. The molecule has 9 atom stereocenters. The van der Waals surface area contributed by atoms with Gasteiger partial charge in [0.15, 0.2) is 0 Å². The molecule has 4 saturated carbocycles. The summed E-state index contributed by atoms with van der Waals surface area (Å²) in [7, 11) is 0. The van der Waals surface area contributed by atoms with Crippen LogP contribution in [0.15, 0.2) is 0 Å². The van der Waals surface area contributed by atoms with Gasteiger partial charge in [-0.25, -0.2) is 0 Å². The predicted molar refractivity (Wildman–Crippen MR) is 109 cm³/mol. The second-order valence-corrected chi connectivity index (χ2v) is 12.0. The first-order chi connectivity index (χ1) is 12.3. The fourth-order valence-corrected chi connectivity index (χ4v) is 9.22. The third kappa shape index (κ3) is 2.90. The topological polar surface area (TPSA) is 26.3 Å². The molecule has 0 saturated heterocycles. The summed E-state index contributed by atoms with van der Waals surface area (Å²) in [6, 6.07) is 0. The first kappa shape index (κ1) is 19.3. The van der Waals surface area contributed by atoms with E-state index in [0.29, 0.717) is 15.7 Å². The maximum Gasteiger partial charge on any atom is 0.302 e. The normalized spacial score (nSPS) is 51.7. The molecule has 0 radical (unpaired) electrons. The number of carbonyl (C=O) groups excluding carboxylic acids is 1. The van der Waals surface area contributed by atoms with Crippen molar-refractivity contribution in [3.05, 3.63) is 0 Å². The Kier molecular flexibility index (Phi) is 5.02. The molecule has 4 fully saturated rings. The quantitative estimate of drug-likeness (QED) is 0.380. The fourth-order valence-electron chi connectivity index (χ4n) is 8.36. The fraction of sp³-hybridized carbons (Fsp3) is 0.957. The highest BCUT2D eigenvalue weighted by molar-refractivity contribution is 9.09. The van der Waals surface area contributed by atoms with Crippen LogP contribution in [0.3, 0.4) is 0 Å². The SMILES string of the molecule is CC(=O)OC1CC[C@@]2(C)C(CC[C@H]3[C@@H]4CC[C@H](C(C)Br)[C@@]4(C)CC[C@@H]32)C1. The van der Waals surface area contributed by atoms with Gasteiger partial charge in [-0.3, -0.25) is 4.79 Å². The second-order valence-electron chi connectivity index (χ2n) is 10.6. The Hall–Kier alpha value is -0.0500. The summed E-state index contributed by atoms with van der Waals surface area (Å²) in [6.45, 7) is 9.16. The number of alkyl halides is 1. The molecule has 4 aliphatic rings. The molecule has 0 bridgehead atoms. The van der Waals surface area contributed by atoms with Crippen molar-refractivity contribution < 1.29 is 9.53 Å². The molecule has 0 heterocycles. The third-order valence-corrected chi connectivity index (χ3v) is 10.2. The van der Waals surface area contributed by atoms with E-state index in [0.717, 1.165) is 42.4 Å². The number of hydrogen-bond acceptors (Lipinski definition) is 2. The average molecular weight is 425 g/mol. The van der Waals surface area contributed by atoms with Crippen LogP contribution in [-0.2, 0) is 9.53 Å². The van der Waals surface area contributed by atoms with Gasteiger partial charge in [-0.2, -0.15) is 0 Å². The van der Waals surface area contributed by atoms with Gasteiger partial charge >= 0.3 is 5.97 Å². The number of rotatable bonds is 2. The van der Waals surface area contributed by atoms with Gasteiger partial charge in [0.25, 0.3) is 0 Å². The highest BCUT2D eigenvalue weighted by Gasteiger charge is 2.60. The van der Waals surface area contributed by atoms with Gasteiger partial charge in [0.1, 0.15) is 6.10 Å². The Morgan fingerprint density at radius 1 is 1.00 bits per heavy atom. The minimum absolute atomic E-state index is 0.0957. The van der Waals surface area contributed by atoms with Crippen LogP contribution >= 0.6 is 15.9 Å². The summed E-state index contributed by atoms with van der Waals surface area (Å²) in [5, 5.41) is 0. The summed E-state index contributed by atoms with van der Waals surface area (Å²) >= 11 is 3.94. The first-order valence-corrected chi connectivity index (χ1v) is 12.0. The maximum absolute atomic E-state index is 11.4. The molecule has 0 spiro atoms. The standard InChI is InChI=1S/C23H37BrO2/c1-14(24)19-7-8-20-18-6-5-16-13-17(26-15(2)25)9-11-22(16,3)21(18)10-12-23(19,20)4/h14,16-21H,5-13H2,1-4H3/t14?,16?,17?,18-,19+,20-,21-,22-,23+/m0/s1. The molecule has 148 valence electrons. The molecule has 3 heteroatoms. The zero-order chi connectivity index (χ0) is 18.7. The zero-order valence-electron chi connectivity index (χ0n) is 17.1. The Balaban J connectivity index is 1.53. The Bertz CT molecular complexity index is 560. The van der Waals surface area contributed by atoms with Crippen molar-refractivity contribution in [3.8, 4) is 0 Å². The maximum atomic E-state index is 11.4. The van der Waals surface area contributed by atoms with E-state index in [4.69, 9.17) is 4.74 Å². The van der Waals surface area contributed by atoms with E-state index in [2.05, 4.69) is 36.7 Å². The van der Waals surface area contributed by atoms with E-state index in [9.17, 15) is 4.79 Å². The van der Waals surface area contributed by atoms with Crippen LogP contribution in [0.2, 0.25) is 0 Å². The van der Waals surface area contributed by atoms with Crippen molar-refractivity contribution >= 4 is 21.9 Å². The van der Waals surface area contributed by atoms with Crippen molar-refractivity contribution in [1.82, 2.24) is 0 Å². The molecule has 0 aromatic carbocycles. The van der Waals surface area contributed by atoms with Crippen molar-refractivity contribution in [1.29, 1.82) is 0 Å². The van der Waals surface area contributed by atoms with Crippen LogP contribution in [-0.4, -0.2) is 16.9 Å². The summed E-state index contributed by atoms with van der Waals surface area (Å²) in [5.41, 5.74) is 1.04. The molecular weight excluding hydrogens is 388 g/mol. The minimum Gasteiger partial charge on any atom is -0.463 e. The smallest absolute Gasteiger partial charge is 0.302 e. The lowest BCUT2D eigenvalue weighted by atomic mass is 9.44. The molecule has 2 nitrogen and oxygen atoms in total. The average Bonchev–Trinajstić information content (AvgIpc) is 2.92. The van der Waals surface area contributed by atoms with Crippen LogP contribution in [0, 0.1) is 40.4 Å². The van der Waals surface area contributed by atoms with Gasteiger partial charge in [0, 0.05) is 11.8 Å². The van der Waals surface area contributed by atoms with Crippen LogP contribution < -0.4 is 0 Å². The van der Waals surface area contributed by atoms with Gasteiger partial charge in [-0.1, -0.05) is 36.7 Å². The van der Waals surface area contributed by atoms with Crippen molar-refractivity contribution in [2.75, 3.05) is 0 Å². The van der Waals surface area contributed by atoms with Crippen LogP contribution in [0.1, 0.15) is 85.5 Å². The number of esters is 1. The van der Waals surface area contributed by atoms with Gasteiger partial charge in [0.05, 0.1) is 0 Å². The first-order valence-electron chi connectivity index (χ1n) is 11.1. The third-order valence-electron chi connectivity index (χ3n) is 9.58. The Labute approximate surface area is 168 Å². The largest absolute Gasteiger partial charge is 0.463 e. The van der Waals surface area contributed by atoms with Crippen molar-refractivity contribution in [2.45, 2.75) is 96.4 Å². The van der Waals surface area contributed by atoms with Crippen molar-refractivity contribution in [3.63, 3.8) is 0 Å². The van der Waals surface area contributed by atoms with E-state index in [1.165, 1.54) is 44.9 Å². The lowest BCUT2D eigenvalue weighted by Crippen LogP contribution is -2.54. The zero-order valence-corrected chi connectivity index (χ0v) is 18.7. The minimum atomic E-state index is -0.0957. The van der Waals surface area contributed by atoms with E-state index in [1.54, 1.807) is 6.92 Å². The molecule has 0 N–H and O–H groups in total. The monoisotopic (exact) mass is 424 g/mol. The lowest BCUT2D eigenvalue weighted by molar-refractivity contribution is -0.160. The van der Waals surface area contributed by atoms with Crippen LogP contribution in [0.4, 0.5) is 0 Å². The number of fused-ring (bicyclic) bond motifs is 5. The van der Waals surface area contributed by atoms with E-state index >= 15 is 0 Å². The number of hydrogen-bond donors (Lipinski definition) is 0. The summed E-state index contributed by atoms with van der Waals surface area (Å²) in [4.78, 5) is 12.1. The van der Waals surface area contributed by atoms with Gasteiger partial charge in [-0.05, 0) is 98.2 Å². The van der Waals surface area contributed by atoms with Crippen LogP contribution in [0.25, 0.3) is 0 Å². The van der Waals surface area contributed by atoms with Gasteiger partial charge < -0.3 is 4.74 Å². The molecule has 0 aromatic heterocycles. The molecule has 3 unspecified atom stereocenters. The number of carbonyl (C=O) groups is 1. The highest BCUT2D eigenvalue weighted by Crippen LogP contribution is 2.68. The summed E-state index contributed by atoms with van der Waals surface area (Å²) in [5.74, 6) is 4.31. The number of halogens is 1. The van der Waals surface area contributed by atoms with Gasteiger partial charge in [0.2, 0.25) is 0 Å². The molecule has 0 aromatic rings. The predicted octanol–water partition coefficient (Wildman–Crippen LogP) is 6.36. The number of ether oxygens (including phenoxy) is 1. The highest BCUT2D eigenvalue weighted by atomic mass is 79.9. The summed E-state index contributed by atoms with van der Waals surface area (Å²) in [6.07, 6.45) is 12.1. The molecule has 0 aliphatic heterocycles. The van der Waals surface area contributed by atoms with Gasteiger partial charge in [-0.15, -0.1) is 0 Å². The van der Waals surface area contributed by atoms with E-state index in [-0.39, 0.29) is 12.1 Å². The Morgan fingerprint density at radius 2 is 1.69 bits per heavy atom. The molecular formula is C23H37BrO2. The molecule has 26 heavy (non-hydrogen) atoms. The second kappa shape index (κ2) is 6.78.